The quantitative estimate of drug-likeness (QED) is 0.600. The van der Waals surface area contributed by atoms with Gasteiger partial charge in [-0.1, -0.05) is 0 Å². The summed E-state index contributed by atoms with van der Waals surface area (Å²) in [5, 5.41) is 2.23. The first-order valence-corrected chi connectivity index (χ1v) is 9.48. The van der Waals surface area contributed by atoms with Crippen LogP contribution in [0.15, 0.2) is 65.6 Å². The van der Waals surface area contributed by atoms with Gasteiger partial charge in [0.1, 0.15) is 23.3 Å². The molecule has 0 bridgehead atoms. The maximum absolute atomic E-state index is 13.7. The molecule has 0 saturated heterocycles. The molecule has 3 aromatic rings. The van der Waals surface area contributed by atoms with Gasteiger partial charge in [0.2, 0.25) is 0 Å². The van der Waals surface area contributed by atoms with Crippen LogP contribution in [0.2, 0.25) is 0 Å². The van der Waals surface area contributed by atoms with Crippen molar-refractivity contribution in [3.05, 3.63) is 89.5 Å². The summed E-state index contributed by atoms with van der Waals surface area (Å²) in [6.45, 7) is 0. The first-order valence-electron chi connectivity index (χ1n) is 8.00. The van der Waals surface area contributed by atoms with Gasteiger partial charge in [-0.3, -0.25) is 9.52 Å². The molecule has 0 heterocycles. The second kappa shape index (κ2) is 7.92. The molecule has 0 unspecified atom stereocenters. The predicted octanol–water partition coefficient (Wildman–Crippen LogP) is 4.30. The number of sulfonamides is 1. The van der Waals surface area contributed by atoms with E-state index >= 15 is 0 Å². The van der Waals surface area contributed by atoms with Gasteiger partial charge in [0.25, 0.3) is 15.9 Å². The van der Waals surface area contributed by atoms with Gasteiger partial charge < -0.3 is 5.32 Å². The van der Waals surface area contributed by atoms with Crippen molar-refractivity contribution in [1.29, 1.82) is 0 Å². The lowest BCUT2D eigenvalue weighted by Crippen LogP contribution is -2.16. The Labute approximate surface area is 163 Å². The Kier molecular flexibility index (Phi) is 5.55. The van der Waals surface area contributed by atoms with Gasteiger partial charge in [0, 0.05) is 17.7 Å². The largest absolute Gasteiger partial charge is 0.319 e. The number of anilines is 2. The molecular weight excluding hydrogens is 412 g/mol. The van der Waals surface area contributed by atoms with E-state index in [1.807, 2.05) is 4.72 Å². The van der Waals surface area contributed by atoms with Gasteiger partial charge in [0.15, 0.2) is 0 Å². The van der Waals surface area contributed by atoms with E-state index in [-0.39, 0.29) is 16.1 Å². The lowest BCUT2D eigenvalue weighted by molar-refractivity contribution is 0.102. The third-order valence-electron chi connectivity index (χ3n) is 3.78. The average Bonchev–Trinajstić information content (AvgIpc) is 2.66. The summed E-state index contributed by atoms with van der Waals surface area (Å²) in [4.78, 5) is 11.9. The van der Waals surface area contributed by atoms with Crippen LogP contribution in [-0.2, 0) is 10.0 Å². The number of carbonyl (C=O) groups excluding carboxylic acids is 1. The van der Waals surface area contributed by atoms with Gasteiger partial charge in [-0.05, 0) is 48.5 Å². The molecule has 0 spiro atoms. The monoisotopic (exact) mass is 424 g/mol. The van der Waals surface area contributed by atoms with Crippen LogP contribution in [0.25, 0.3) is 0 Å². The highest BCUT2D eigenvalue weighted by molar-refractivity contribution is 7.92. The number of hydrogen-bond donors (Lipinski definition) is 2. The van der Waals surface area contributed by atoms with Crippen LogP contribution in [0.3, 0.4) is 0 Å². The molecule has 1 amide bonds. The second-order valence-corrected chi connectivity index (χ2v) is 7.51. The molecule has 2 N–H and O–H groups in total. The minimum Gasteiger partial charge on any atom is -0.319 e. The van der Waals surface area contributed by atoms with Crippen molar-refractivity contribution in [2.45, 2.75) is 4.90 Å². The third kappa shape index (κ3) is 4.72. The van der Waals surface area contributed by atoms with E-state index in [4.69, 9.17) is 0 Å². The Morgan fingerprint density at radius 3 is 1.76 bits per heavy atom. The first-order chi connectivity index (χ1) is 13.7. The van der Waals surface area contributed by atoms with Gasteiger partial charge in [-0.25, -0.2) is 26.0 Å². The topological polar surface area (TPSA) is 75.3 Å². The number of nitrogens with one attached hydrogen (secondary N) is 2. The fraction of sp³-hybridized carbons (Fsp3) is 0. The summed E-state index contributed by atoms with van der Waals surface area (Å²) in [5.74, 6) is -4.48. The van der Waals surface area contributed by atoms with Crippen LogP contribution in [0, 0.1) is 23.3 Å². The zero-order valence-corrected chi connectivity index (χ0v) is 15.2. The molecule has 29 heavy (non-hydrogen) atoms. The summed E-state index contributed by atoms with van der Waals surface area (Å²) >= 11 is 0. The van der Waals surface area contributed by atoms with Crippen LogP contribution in [0.1, 0.15) is 10.4 Å². The molecule has 0 aliphatic rings. The molecule has 0 fully saturated rings. The van der Waals surface area contributed by atoms with Crippen LogP contribution < -0.4 is 10.0 Å². The van der Waals surface area contributed by atoms with Gasteiger partial charge >= 0.3 is 0 Å². The highest BCUT2D eigenvalue weighted by Crippen LogP contribution is 2.21. The van der Waals surface area contributed by atoms with E-state index in [1.54, 1.807) is 0 Å². The maximum atomic E-state index is 13.7. The fourth-order valence-electron chi connectivity index (χ4n) is 2.35. The summed E-state index contributed by atoms with van der Waals surface area (Å²) < 4.78 is 79.7. The molecule has 10 heteroatoms. The fourth-order valence-corrected chi connectivity index (χ4v) is 3.41. The highest BCUT2D eigenvalue weighted by Gasteiger charge is 2.18. The van der Waals surface area contributed by atoms with Crippen molar-refractivity contribution in [3.8, 4) is 0 Å². The summed E-state index contributed by atoms with van der Waals surface area (Å²) in [6.07, 6.45) is 0. The van der Waals surface area contributed by atoms with Crippen LogP contribution in [0.5, 0.6) is 0 Å². The van der Waals surface area contributed by atoms with Crippen molar-refractivity contribution in [2.24, 2.45) is 0 Å². The smallest absolute Gasteiger partial charge is 0.261 e. The molecule has 0 radical (unpaired) electrons. The van der Waals surface area contributed by atoms with Gasteiger partial charge in [-0.2, -0.15) is 0 Å². The number of rotatable bonds is 5. The van der Waals surface area contributed by atoms with E-state index in [2.05, 4.69) is 5.32 Å². The van der Waals surface area contributed by atoms with Gasteiger partial charge in [-0.15, -0.1) is 0 Å². The van der Waals surface area contributed by atoms with Crippen LogP contribution >= 0.6 is 0 Å². The zero-order chi connectivity index (χ0) is 21.2. The van der Waals surface area contributed by atoms with Crippen molar-refractivity contribution in [1.82, 2.24) is 0 Å². The van der Waals surface area contributed by atoms with E-state index < -0.39 is 44.9 Å². The molecule has 0 aliphatic carbocycles. The second-order valence-electron chi connectivity index (χ2n) is 5.83. The van der Waals surface area contributed by atoms with E-state index in [0.717, 1.165) is 48.5 Å². The molecule has 5 nitrogen and oxygen atoms in total. The molecule has 0 atom stereocenters. The molecule has 0 saturated carbocycles. The summed E-state index contributed by atoms with van der Waals surface area (Å²) in [7, 11) is -4.21. The van der Waals surface area contributed by atoms with E-state index in [0.29, 0.717) is 12.1 Å². The lowest BCUT2D eigenvalue weighted by atomic mass is 10.2. The molecule has 150 valence electrons. The Morgan fingerprint density at radius 2 is 1.24 bits per heavy atom. The summed E-state index contributed by atoms with van der Waals surface area (Å²) in [6, 6.07) is 9.45. The lowest BCUT2D eigenvalue weighted by Gasteiger charge is -2.10. The predicted molar refractivity (Wildman–Crippen MR) is 97.9 cm³/mol. The molecule has 0 aliphatic heterocycles. The van der Waals surface area contributed by atoms with E-state index in [1.165, 1.54) is 0 Å². The molecule has 0 aromatic heterocycles. The minimum atomic E-state index is -4.21. The SMILES string of the molecule is O=C(Nc1ccc(F)cc1F)c1ccc(S(=O)(=O)Nc2ccc(F)cc2F)cc1. The zero-order valence-electron chi connectivity index (χ0n) is 14.4. The Morgan fingerprint density at radius 1 is 0.724 bits per heavy atom. The highest BCUT2D eigenvalue weighted by atomic mass is 32.2. The minimum absolute atomic E-state index is 0.000591. The Bertz CT molecular complexity index is 1180. The average molecular weight is 424 g/mol. The number of amides is 1. The third-order valence-corrected chi connectivity index (χ3v) is 5.16. The summed E-state index contributed by atoms with van der Waals surface area (Å²) in [5.41, 5.74) is -0.692. The van der Waals surface area contributed by atoms with Crippen LogP contribution in [0.4, 0.5) is 28.9 Å². The van der Waals surface area contributed by atoms with E-state index in [9.17, 15) is 30.8 Å². The molecule has 3 aromatic carbocycles. The molecular formula is C19H12F4N2O3S. The number of halogens is 4. The van der Waals surface area contributed by atoms with Crippen molar-refractivity contribution >= 4 is 27.3 Å². The Balaban J connectivity index is 1.77. The normalized spacial score (nSPS) is 11.2. The van der Waals surface area contributed by atoms with Crippen molar-refractivity contribution in [3.63, 3.8) is 0 Å². The standard InChI is InChI=1S/C19H12F4N2O3S/c20-12-3-7-17(15(22)9-12)24-19(26)11-1-5-14(6-2-11)29(27,28)25-18-8-4-13(21)10-16(18)23/h1-10,25H,(H,24,26). The number of benzene rings is 3. The number of hydrogen-bond acceptors (Lipinski definition) is 3. The Hall–Kier alpha value is -3.40. The van der Waals surface area contributed by atoms with Gasteiger partial charge in [0.05, 0.1) is 16.3 Å². The van der Waals surface area contributed by atoms with Crippen molar-refractivity contribution < 1.29 is 30.8 Å². The van der Waals surface area contributed by atoms with Crippen molar-refractivity contribution in [2.75, 3.05) is 10.0 Å². The first kappa shape index (κ1) is 20.3. The maximum Gasteiger partial charge on any atom is 0.261 e. The number of carbonyl (C=O) groups is 1. The van der Waals surface area contributed by atoms with Crippen LogP contribution in [-0.4, -0.2) is 14.3 Å². The molecule has 3 rings (SSSR count).